The Labute approximate surface area is 183 Å². The molecule has 1 unspecified atom stereocenters. The summed E-state index contributed by atoms with van der Waals surface area (Å²) in [6, 6.07) is 14.8. The number of benzene rings is 2. The SMILES string of the molecule is C=CCOc1ccc(C=CC(=O)N2CCCC(C(=O)Nc3ccccc3)C2)cc1OC. The van der Waals surface area contributed by atoms with E-state index in [0.717, 1.165) is 24.1 Å². The zero-order chi connectivity index (χ0) is 22.1. The molecular formula is C25H28N2O4. The number of carbonyl (C=O) groups is 2. The lowest BCUT2D eigenvalue weighted by Gasteiger charge is -2.31. The van der Waals surface area contributed by atoms with Crippen LogP contribution in [0.1, 0.15) is 18.4 Å². The molecule has 2 aromatic rings. The summed E-state index contributed by atoms with van der Waals surface area (Å²) in [5, 5.41) is 2.93. The van der Waals surface area contributed by atoms with Gasteiger partial charge >= 0.3 is 0 Å². The number of methoxy groups -OCH3 is 1. The summed E-state index contributed by atoms with van der Waals surface area (Å²) in [4.78, 5) is 27.0. The van der Waals surface area contributed by atoms with Crippen molar-refractivity contribution in [1.82, 2.24) is 4.90 Å². The number of piperidine rings is 1. The third-order valence-corrected chi connectivity index (χ3v) is 5.11. The minimum atomic E-state index is -0.215. The topological polar surface area (TPSA) is 67.9 Å². The highest BCUT2D eigenvalue weighted by atomic mass is 16.5. The Kier molecular flexibility index (Phi) is 7.87. The summed E-state index contributed by atoms with van der Waals surface area (Å²) < 4.78 is 10.9. The molecule has 1 N–H and O–H groups in total. The Hall–Kier alpha value is -3.54. The van der Waals surface area contributed by atoms with Gasteiger partial charge in [0.1, 0.15) is 6.61 Å². The lowest BCUT2D eigenvalue weighted by Crippen LogP contribution is -2.43. The van der Waals surface area contributed by atoms with E-state index in [-0.39, 0.29) is 17.7 Å². The molecule has 3 rings (SSSR count). The number of hydrogen-bond acceptors (Lipinski definition) is 4. The number of hydrogen-bond donors (Lipinski definition) is 1. The van der Waals surface area contributed by atoms with E-state index in [1.807, 2.05) is 42.5 Å². The molecule has 0 aliphatic carbocycles. The van der Waals surface area contributed by atoms with Crippen molar-refractivity contribution in [3.8, 4) is 11.5 Å². The van der Waals surface area contributed by atoms with Crippen LogP contribution < -0.4 is 14.8 Å². The Morgan fingerprint density at radius 1 is 1.19 bits per heavy atom. The van der Waals surface area contributed by atoms with Crippen molar-refractivity contribution in [2.24, 2.45) is 5.92 Å². The van der Waals surface area contributed by atoms with Gasteiger partial charge in [0.25, 0.3) is 0 Å². The second-order valence-corrected chi connectivity index (χ2v) is 7.32. The fourth-order valence-corrected chi connectivity index (χ4v) is 3.49. The first kappa shape index (κ1) is 22.2. The van der Waals surface area contributed by atoms with Crippen LogP contribution in [0.4, 0.5) is 5.69 Å². The zero-order valence-electron chi connectivity index (χ0n) is 17.8. The first-order chi connectivity index (χ1) is 15.1. The predicted octanol–water partition coefficient (Wildman–Crippen LogP) is 4.15. The van der Waals surface area contributed by atoms with Crippen molar-refractivity contribution < 1.29 is 19.1 Å². The third kappa shape index (κ3) is 6.22. The van der Waals surface area contributed by atoms with Gasteiger partial charge in [0, 0.05) is 24.9 Å². The molecular weight excluding hydrogens is 392 g/mol. The number of nitrogens with one attached hydrogen (secondary N) is 1. The molecule has 1 heterocycles. The molecule has 6 nitrogen and oxygen atoms in total. The standard InChI is InChI=1S/C25H28N2O4/c1-3-16-31-22-13-11-19(17-23(22)30-2)12-14-24(28)27-15-7-8-20(18-27)25(29)26-21-9-5-4-6-10-21/h3-6,9-14,17,20H,1,7-8,15-16,18H2,2H3,(H,26,29). The Bertz CT molecular complexity index is 940. The van der Waals surface area contributed by atoms with Gasteiger partial charge in [-0.25, -0.2) is 0 Å². The minimum Gasteiger partial charge on any atom is -0.493 e. The van der Waals surface area contributed by atoms with Gasteiger partial charge in [-0.3, -0.25) is 9.59 Å². The van der Waals surface area contributed by atoms with Crippen molar-refractivity contribution in [3.63, 3.8) is 0 Å². The monoisotopic (exact) mass is 420 g/mol. The van der Waals surface area contributed by atoms with Crippen LogP contribution in [-0.2, 0) is 9.59 Å². The van der Waals surface area contributed by atoms with Crippen molar-refractivity contribution >= 4 is 23.6 Å². The molecule has 1 saturated heterocycles. The van der Waals surface area contributed by atoms with Crippen molar-refractivity contribution in [1.29, 1.82) is 0 Å². The Balaban J connectivity index is 1.60. The second kappa shape index (κ2) is 11.0. The number of ether oxygens (including phenoxy) is 2. The molecule has 6 heteroatoms. The molecule has 0 saturated carbocycles. The highest BCUT2D eigenvalue weighted by Gasteiger charge is 2.27. The van der Waals surface area contributed by atoms with Crippen LogP contribution in [-0.4, -0.2) is 43.5 Å². The number of anilines is 1. The number of nitrogens with zero attached hydrogens (tertiary/aromatic N) is 1. The second-order valence-electron chi connectivity index (χ2n) is 7.32. The average Bonchev–Trinajstić information content (AvgIpc) is 2.82. The lowest BCUT2D eigenvalue weighted by molar-refractivity contribution is -0.130. The number of carbonyl (C=O) groups excluding carboxylic acids is 2. The summed E-state index contributed by atoms with van der Waals surface area (Å²) >= 11 is 0. The highest BCUT2D eigenvalue weighted by molar-refractivity contribution is 5.95. The van der Waals surface area contributed by atoms with Gasteiger partial charge in [-0.15, -0.1) is 0 Å². The van der Waals surface area contributed by atoms with E-state index in [0.29, 0.717) is 31.2 Å². The van der Waals surface area contributed by atoms with Gasteiger partial charge in [0.2, 0.25) is 11.8 Å². The quantitative estimate of drug-likeness (QED) is 0.515. The van der Waals surface area contributed by atoms with Crippen LogP contribution >= 0.6 is 0 Å². The maximum atomic E-state index is 12.7. The first-order valence-corrected chi connectivity index (χ1v) is 10.4. The maximum Gasteiger partial charge on any atom is 0.246 e. The third-order valence-electron chi connectivity index (χ3n) is 5.11. The largest absolute Gasteiger partial charge is 0.493 e. The van der Waals surface area contributed by atoms with Gasteiger partial charge in [0.15, 0.2) is 11.5 Å². The minimum absolute atomic E-state index is 0.0486. The summed E-state index contributed by atoms with van der Waals surface area (Å²) in [7, 11) is 1.57. The molecule has 0 bridgehead atoms. The van der Waals surface area contributed by atoms with Crippen LogP contribution in [0.25, 0.3) is 6.08 Å². The van der Waals surface area contributed by atoms with E-state index in [1.54, 1.807) is 30.2 Å². The van der Waals surface area contributed by atoms with E-state index >= 15 is 0 Å². The van der Waals surface area contributed by atoms with E-state index < -0.39 is 0 Å². The Morgan fingerprint density at radius 2 is 2.00 bits per heavy atom. The fourth-order valence-electron chi connectivity index (χ4n) is 3.49. The molecule has 2 amide bonds. The van der Waals surface area contributed by atoms with Crippen LogP contribution in [0.15, 0.2) is 67.3 Å². The molecule has 0 radical (unpaired) electrons. The molecule has 1 fully saturated rings. The average molecular weight is 421 g/mol. The smallest absolute Gasteiger partial charge is 0.246 e. The van der Waals surface area contributed by atoms with Crippen LogP contribution in [0.5, 0.6) is 11.5 Å². The van der Waals surface area contributed by atoms with E-state index in [9.17, 15) is 9.59 Å². The summed E-state index contributed by atoms with van der Waals surface area (Å²) in [6.07, 6.45) is 6.52. The van der Waals surface area contributed by atoms with Gasteiger partial charge in [-0.05, 0) is 48.7 Å². The molecule has 162 valence electrons. The highest BCUT2D eigenvalue weighted by Crippen LogP contribution is 2.28. The Morgan fingerprint density at radius 3 is 2.74 bits per heavy atom. The zero-order valence-corrected chi connectivity index (χ0v) is 17.8. The van der Waals surface area contributed by atoms with Gasteiger partial charge in [0.05, 0.1) is 13.0 Å². The van der Waals surface area contributed by atoms with Gasteiger partial charge in [-0.1, -0.05) is 36.9 Å². The molecule has 1 aliphatic heterocycles. The van der Waals surface area contributed by atoms with E-state index in [2.05, 4.69) is 11.9 Å². The first-order valence-electron chi connectivity index (χ1n) is 10.4. The number of likely N-dealkylation sites (tertiary alicyclic amines) is 1. The number of para-hydroxylation sites is 1. The van der Waals surface area contributed by atoms with Crippen molar-refractivity contribution in [2.45, 2.75) is 12.8 Å². The van der Waals surface area contributed by atoms with E-state index in [1.165, 1.54) is 6.08 Å². The van der Waals surface area contributed by atoms with Gasteiger partial charge in [-0.2, -0.15) is 0 Å². The lowest BCUT2D eigenvalue weighted by atomic mass is 9.97. The normalized spacial score (nSPS) is 16.0. The summed E-state index contributed by atoms with van der Waals surface area (Å²) in [5.41, 5.74) is 1.59. The molecule has 1 aliphatic rings. The van der Waals surface area contributed by atoms with Crippen molar-refractivity contribution in [3.05, 3.63) is 72.8 Å². The predicted molar refractivity (Wildman–Crippen MR) is 122 cm³/mol. The number of rotatable bonds is 8. The molecule has 2 aromatic carbocycles. The van der Waals surface area contributed by atoms with Crippen molar-refractivity contribution in [2.75, 3.05) is 32.1 Å². The van der Waals surface area contributed by atoms with Crippen LogP contribution in [0.3, 0.4) is 0 Å². The van der Waals surface area contributed by atoms with E-state index in [4.69, 9.17) is 9.47 Å². The molecule has 0 aromatic heterocycles. The molecule has 31 heavy (non-hydrogen) atoms. The summed E-state index contributed by atoms with van der Waals surface area (Å²) in [6.45, 7) is 5.09. The van der Waals surface area contributed by atoms with Gasteiger partial charge < -0.3 is 19.7 Å². The maximum absolute atomic E-state index is 12.7. The summed E-state index contributed by atoms with van der Waals surface area (Å²) in [5.74, 6) is 0.838. The van der Waals surface area contributed by atoms with Crippen LogP contribution in [0, 0.1) is 5.92 Å². The molecule has 1 atom stereocenters. The number of amides is 2. The van der Waals surface area contributed by atoms with Crippen LogP contribution in [0.2, 0.25) is 0 Å². The molecule has 0 spiro atoms. The fraction of sp³-hybridized carbons (Fsp3) is 0.280.